The Morgan fingerprint density at radius 2 is 2.25 bits per heavy atom. The molecule has 20 heavy (non-hydrogen) atoms. The number of hydrogen-bond acceptors (Lipinski definition) is 2. The lowest BCUT2D eigenvalue weighted by Crippen LogP contribution is -2.32. The van der Waals surface area contributed by atoms with E-state index in [4.69, 9.17) is 12.2 Å². The van der Waals surface area contributed by atoms with Gasteiger partial charge < -0.3 is 14.5 Å². The molecule has 0 aliphatic heterocycles. The molecule has 1 atom stereocenters. The number of nitrogens with one attached hydrogen (secondary N) is 1. The van der Waals surface area contributed by atoms with Crippen LogP contribution in [0.25, 0.3) is 11.0 Å². The highest BCUT2D eigenvalue weighted by molar-refractivity contribution is 9.10. The van der Waals surface area contributed by atoms with Gasteiger partial charge in [-0.05, 0) is 48.1 Å². The molecule has 0 spiro atoms. The van der Waals surface area contributed by atoms with Gasteiger partial charge in [0.05, 0.1) is 15.5 Å². The lowest BCUT2D eigenvalue weighted by Gasteiger charge is -2.21. The molecule has 2 aromatic rings. The van der Waals surface area contributed by atoms with Crippen LogP contribution in [-0.2, 0) is 4.79 Å². The number of imidazole rings is 1. The molecule has 2 rings (SSSR count). The van der Waals surface area contributed by atoms with Gasteiger partial charge >= 0.3 is 0 Å². The first-order valence-corrected chi connectivity index (χ1v) is 7.41. The number of rotatable bonds is 3. The average Bonchev–Trinajstić information content (AvgIpc) is 2.72. The first-order valence-electron chi connectivity index (χ1n) is 6.21. The number of aromatic amines is 1. The second kappa shape index (κ2) is 5.65. The van der Waals surface area contributed by atoms with Crippen molar-refractivity contribution in [2.45, 2.75) is 19.9 Å². The molecule has 108 valence electrons. The highest BCUT2D eigenvalue weighted by atomic mass is 79.9. The third-order valence-electron chi connectivity index (χ3n) is 3.35. The molecule has 0 fully saturated rings. The number of H-pyrrole nitrogens is 1. The van der Waals surface area contributed by atoms with Crippen molar-refractivity contribution < 1.29 is 9.18 Å². The van der Waals surface area contributed by atoms with Gasteiger partial charge in [0.15, 0.2) is 4.77 Å². The van der Waals surface area contributed by atoms with E-state index in [1.54, 1.807) is 29.5 Å². The molecular weight excluding hydrogens is 345 g/mol. The van der Waals surface area contributed by atoms with Gasteiger partial charge in [0.2, 0.25) is 5.91 Å². The van der Waals surface area contributed by atoms with Crippen LogP contribution in [-0.4, -0.2) is 34.0 Å². The molecule has 1 amide bonds. The molecule has 1 heterocycles. The minimum absolute atomic E-state index is 0.0622. The number of carbonyl (C=O) groups excluding carboxylic acids is 1. The summed E-state index contributed by atoms with van der Waals surface area (Å²) in [5, 5.41) is 0. The molecule has 0 saturated carbocycles. The molecule has 1 N–H and O–H groups in total. The number of hydrogen-bond donors (Lipinski definition) is 1. The summed E-state index contributed by atoms with van der Waals surface area (Å²) in [5.74, 6) is -0.448. The lowest BCUT2D eigenvalue weighted by atomic mass is 10.2. The zero-order valence-corrected chi connectivity index (χ0v) is 13.8. The fourth-order valence-electron chi connectivity index (χ4n) is 2.09. The third-order valence-corrected chi connectivity index (χ3v) is 4.26. The van der Waals surface area contributed by atoms with Crippen molar-refractivity contribution in [2.75, 3.05) is 13.6 Å². The van der Waals surface area contributed by atoms with Crippen LogP contribution in [0.5, 0.6) is 0 Å². The summed E-state index contributed by atoms with van der Waals surface area (Å²) >= 11 is 8.39. The molecule has 7 heteroatoms. The fourth-order valence-corrected chi connectivity index (χ4v) is 2.80. The Bertz CT molecular complexity index is 724. The van der Waals surface area contributed by atoms with Gasteiger partial charge in [0.1, 0.15) is 11.9 Å². The predicted molar refractivity (Wildman–Crippen MR) is 82.8 cm³/mol. The third kappa shape index (κ3) is 2.52. The SMILES string of the molecule is CCN(C)C(=O)C(C)n1c(=S)[nH]c2cc(Br)c(F)cc21. The summed E-state index contributed by atoms with van der Waals surface area (Å²) < 4.78 is 16.1. The van der Waals surface area contributed by atoms with Gasteiger partial charge in [-0.2, -0.15) is 0 Å². The van der Waals surface area contributed by atoms with Crippen molar-refractivity contribution in [2.24, 2.45) is 0 Å². The quantitative estimate of drug-likeness (QED) is 0.850. The number of amides is 1. The number of fused-ring (bicyclic) bond motifs is 1. The summed E-state index contributed by atoms with van der Waals surface area (Å²) in [6.07, 6.45) is 0. The number of nitrogens with zero attached hydrogens (tertiary/aromatic N) is 2. The van der Waals surface area contributed by atoms with E-state index in [-0.39, 0.29) is 11.7 Å². The normalized spacial score (nSPS) is 12.7. The van der Waals surface area contributed by atoms with Crippen LogP contribution in [0.2, 0.25) is 0 Å². The Labute approximate surface area is 129 Å². The topological polar surface area (TPSA) is 41.0 Å². The largest absolute Gasteiger partial charge is 0.344 e. The van der Waals surface area contributed by atoms with Crippen molar-refractivity contribution in [3.05, 3.63) is 27.2 Å². The molecular formula is C13H15BrFN3OS. The molecule has 1 aromatic heterocycles. The number of aromatic nitrogens is 2. The van der Waals surface area contributed by atoms with E-state index >= 15 is 0 Å². The van der Waals surface area contributed by atoms with E-state index in [1.807, 2.05) is 6.92 Å². The number of benzene rings is 1. The maximum absolute atomic E-state index is 13.7. The monoisotopic (exact) mass is 359 g/mol. The van der Waals surface area contributed by atoms with E-state index in [9.17, 15) is 9.18 Å². The summed E-state index contributed by atoms with van der Waals surface area (Å²) in [6, 6.07) is 2.51. The molecule has 0 aliphatic carbocycles. The zero-order valence-electron chi connectivity index (χ0n) is 11.4. The molecule has 0 bridgehead atoms. The standard InChI is InChI=1S/C13H15BrFN3OS/c1-4-17(3)12(19)7(2)18-11-6-9(15)8(14)5-10(11)16-13(18)20/h5-7H,4H2,1-3H3,(H,16,20). The zero-order chi connectivity index (χ0) is 15.0. The highest BCUT2D eigenvalue weighted by Gasteiger charge is 2.21. The molecule has 4 nitrogen and oxygen atoms in total. The van der Waals surface area contributed by atoms with Gasteiger partial charge in [-0.1, -0.05) is 0 Å². The average molecular weight is 360 g/mol. The molecule has 0 saturated heterocycles. The van der Waals surface area contributed by atoms with Crippen LogP contribution in [0.1, 0.15) is 19.9 Å². The van der Waals surface area contributed by atoms with Crippen LogP contribution in [0.4, 0.5) is 4.39 Å². The maximum Gasteiger partial charge on any atom is 0.245 e. The highest BCUT2D eigenvalue weighted by Crippen LogP contribution is 2.26. The number of likely N-dealkylation sites (N-methyl/N-ethyl adjacent to an activating group) is 1. The minimum Gasteiger partial charge on any atom is -0.344 e. The van der Waals surface area contributed by atoms with Gasteiger partial charge in [-0.25, -0.2) is 4.39 Å². The number of carbonyl (C=O) groups is 1. The first-order chi connectivity index (χ1) is 9.36. The van der Waals surface area contributed by atoms with Crippen LogP contribution in [0, 0.1) is 10.6 Å². The minimum atomic E-state index is -0.484. The molecule has 0 aliphatic rings. The lowest BCUT2D eigenvalue weighted by molar-refractivity contribution is -0.132. The smallest absolute Gasteiger partial charge is 0.245 e. The van der Waals surface area contributed by atoms with Crippen molar-refractivity contribution >= 4 is 45.1 Å². The fraction of sp³-hybridized carbons (Fsp3) is 0.385. The Hall–Kier alpha value is -1.21. The Balaban J connectivity index is 2.59. The molecule has 0 radical (unpaired) electrons. The Morgan fingerprint density at radius 1 is 1.60 bits per heavy atom. The van der Waals surface area contributed by atoms with Crippen molar-refractivity contribution in [1.82, 2.24) is 14.5 Å². The summed E-state index contributed by atoms with van der Waals surface area (Å²) in [6.45, 7) is 4.27. The van der Waals surface area contributed by atoms with Crippen LogP contribution >= 0.6 is 28.1 Å². The van der Waals surface area contributed by atoms with Gasteiger partial charge in [-0.3, -0.25) is 4.79 Å². The summed E-state index contributed by atoms with van der Waals surface area (Å²) in [5.41, 5.74) is 1.28. The van der Waals surface area contributed by atoms with Crippen molar-refractivity contribution in [3.63, 3.8) is 0 Å². The predicted octanol–water partition coefficient (Wildman–Crippen LogP) is 3.64. The second-order valence-corrected chi connectivity index (χ2v) is 5.85. The molecule has 1 aromatic carbocycles. The van der Waals surface area contributed by atoms with E-state index in [0.29, 0.717) is 26.8 Å². The van der Waals surface area contributed by atoms with E-state index < -0.39 is 6.04 Å². The van der Waals surface area contributed by atoms with E-state index in [1.165, 1.54) is 6.07 Å². The Kier molecular flexibility index (Phi) is 4.29. The molecule has 1 unspecified atom stereocenters. The summed E-state index contributed by atoms with van der Waals surface area (Å²) in [4.78, 5) is 16.9. The van der Waals surface area contributed by atoms with Gasteiger partial charge in [0.25, 0.3) is 0 Å². The van der Waals surface area contributed by atoms with Crippen molar-refractivity contribution in [3.8, 4) is 0 Å². The van der Waals surface area contributed by atoms with Gasteiger partial charge in [-0.15, -0.1) is 0 Å². The van der Waals surface area contributed by atoms with E-state index in [2.05, 4.69) is 20.9 Å². The van der Waals surface area contributed by atoms with Crippen molar-refractivity contribution in [1.29, 1.82) is 0 Å². The maximum atomic E-state index is 13.7. The summed E-state index contributed by atoms with van der Waals surface area (Å²) in [7, 11) is 1.73. The first kappa shape index (κ1) is 15.2. The number of halogens is 2. The van der Waals surface area contributed by atoms with Crippen LogP contribution in [0.15, 0.2) is 16.6 Å². The second-order valence-electron chi connectivity index (χ2n) is 4.61. The van der Waals surface area contributed by atoms with Gasteiger partial charge in [0, 0.05) is 19.7 Å². The Morgan fingerprint density at radius 3 is 2.85 bits per heavy atom. The van der Waals surface area contributed by atoms with Crippen LogP contribution < -0.4 is 0 Å². The van der Waals surface area contributed by atoms with E-state index in [0.717, 1.165) is 0 Å². The van der Waals surface area contributed by atoms with Crippen LogP contribution in [0.3, 0.4) is 0 Å².